The molecule has 1 heterocycles. The van der Waals surface area contributed by atoms with E-state index in [4.69, 9.17) is 14.2 Å². The van der Waals surface area contributed by atoms with E-state index < -0.39 is 6.10 Å². The van der Waals surface area contributed by atoms with Gasteiger partial charge >= 0.3 is 0 Å². The van der Waals surface area contributed by atoms with Gasteiger partial charge in [-0.15, -0.1) is 0 Å². The molecule has 2 atom stereocenters. The van der Waals surface area contributed by atoms with Crippen molar-refractivity contribution in [3.05, 3.63) is 47.5 Å². The molecule has 1 aliphatic rings. The summed E-state index contributed by atoms with van der Waals surface area (Å²) in [6.07, 6.45) is 0.957. The number of nitrogens with zero attached hydrogens (tertiary/aromatic N) is 1. The minimum atomic E-state index is -0.498. The molecular weight excluding hydrogens is 396 g/mol. The van der Waals surface area contributed by atoms with E-state index in [0.717, 1.165) is 12.0 Å². The van der Waals surface area contributed by atoms with E-state index in [0.29, 0.717) is 41.5 Å². The molecule has 0 aliphatic carbocycles. The number of hydrogen-bond acceptors (Lipinski definition) is 5. The smallest absolute Gasteiger partial charge is 0.264 e. The van der Waals surface area contributed by atoms with E-state index in [1.54, 1.807) is 31.4 Å². The van der Waals surface area contributed by atoms with Crippen molar-refractivity contribution in [1.82, 2.24) is 4.90 Å². The Morgan fingerprint density at radius 1 is 1.16 bits per heavy atom. The van der Waals surface area contributed by atoms with Gasteiger partial charge in [0.2, 0.25) is 0 Å². The van der Waals surface area contributed by atoms with Gasteiger partial charge in [-0.2, -0.15) is 0 Å². The molecule has 0 bridgehead atoms. The second-order valence-corrected chi connectivity index (χ2v) is 7.58. The van der Waals surface area contributed by atoms with E-state index in [1.807, 2.05) is 30.9 Å². The zero-order chi connectivity index (χ0) is 22.5. The standard InChI is InChI=1S/C24H30N2O5/c1-6-15(3)26-14-17-12-18(9-11-20(17)31-19(7-2)24(26)28)25-23(27)16-8-10-21(29-4)22(13-16)30-5/h8-13,15,19H,6-7,14H2,1-5H3,(H,25,27). The third-order valence-electron chi connectivity index (χ3n) is 5.63. The van der Waals surface area contributed by atoms with Crippen molar-refractivity contribution in [2.45, 2.75) is 52.3 Å². The molecule has 31 heavy (non-hydrogen) atoms. The number of rotatable bonds is 7. The zero-order valence-electron chi connectivity index (χ0n) is 18.7. The average Bonchev–Trinajstić information content (AvgIpc) is 2.93. The minimum absolute atomic E-state index is 0.00367. The number of benzene rings is 2. The first-order chi connectivity index (χ1) is 14.9. The Hall–Kier alpha value is -3.22. The first-order valence-corrected chi connectivity index (χ1v) is 10.5. The number of anilines is 1. The molecule has 0 saturated carbocycles. The zero-order valence-corrected chi connectivity index (χ0v) is 18.7. The van der Waals surface area contributed by atoms with E-state index in [1.165, 1.54) is 7.11 Å². The normalized spacial score (nSPS) is 16.6. The number of fused-ring (bicyclic) bond motifs is 1. The van der Waals surface area contributed by atoms with Crippen LogP contribution in [-0.4, -0.2) is 43.1 Å². The van der Waals surface area contributed by atoms with Crippen LogP contribution in [0.3, 0.4) is 0 Å². The monoisotopic (exact) mass is 426 g/mol. The van der Waals surface area contributed by atoms with Crippen molar-refractivity contribution in [1.29, 1.82) is 0 Å². The fraction of sp³-hybridized carbons (Fsp3) is 0.417. The van der Waals surface area contributed by atoms with Crippen LogP contribution in [0.25, 0.3) is 0 Å². The highest BCUT2D eigenvalue weighted by Gasteiger charge is 2.32. The maximum atomic E-state index is 12.9. The molecule has 0 aromatic heterocycles. The van der Waals surface area contributed by atoms with Crippen LogP contribution in [0.15, 0.2) is 36.4 Å². The van der Waals surface area contributed by atoms with Gasteiger partial charge in [0.15, 0.2) is 17.6 Å². The largest absolute Gasteiger partial charge is 0.493 e. The Bertz CT molecular complexity index is 959. The summed E-state index contributed by atoms with van der Waals surface area (Å²) in [6, 6.07) is 10.6. The fourth-order valence-electron chi connectivity index (χ4n) is 3.58. The van der Waals surface area contributed by atoms with E-state index in [9.17, 15) is 9.59 Å². The maximum absolute atomic E-state index is 12.9. The molecule has 2 aromatic carbocycles. The quantitative estimate of drug-likeness (QED) is 0.716. The summed E-state index contributed by atoms with van der Waals surface area (Å²) >= 11 is 0. The Kier molecular flexibility index (Phi) is 7.05. The van der Waals surface area contributed by atoms with Crippen molar-refractivity contribution in [3.63, 3.8) is 0 Å². The molecule has 0 saturated heterocycles. The molecular formula is C24H30N2O5. The average molecular weight is 427 g/mol. The predicted octanol–water partition coefficient (Wildman–Crippen LogP) is 4.25. The first-order valence-electron chi connectivity index (χ1n) is 10.5. The van der Waals surface area contributed by atoms with Crippen LogP contribution in [0, 0.1) is 0 Å². The maximum Gasteiger partial charge on any atom is 0.264 e. The molecule has 0 radical (unpaired) electrons. The lowest BCUT2D eigenvalue weighted by molar-refractivity contribution is -0.140. The minimum Gasteiger partial charge on any atom is -0.493 e. The highest BCUT2D eigenvalue weighted by atomic mass is 16.5. The second kappa shape index (κ2) is 9.73. The molecule has 2 aromatic rings. The molecule has 7 heteroatoms. The lowest BCUT2D eigenvalue weighted by atomic mass is 10.1. The van der Waals surface area contributed by atoms with Crippen LogP contribution < -0.4 is 19.5 Å². The molecule has 0 fully saturated rings. The van der Waals surface area contributed by atoms with Gasteiger partial charge in [0.05, 0.1) is 14.2 Å². The van der Waals surface area contributed by atoms with Gasteiger partial charge in [0, 0.05) is 29.4 Å². The summed E-state index contributed by atoms with van der Waals surface area (Å²) in [5, 5.41) is 2.92. The first kappa shape index (κ1) is 22.5. The topological polar surface area (TPSA) is 77.1 Å². The highest BCUT2D eigenvalue weighted by molar-refractivity contribution is 6.04. The molecule has 166 valence electrons. The summed E-state index contributed by atoms with van der Waals surface area (Å²) in [4.78, 5) is 27.6. The van der Waals surface area contributed by atoms with Crippen LogP contribution in [0.4, 0.5) is 5.69 Å². The number of ether oxygens (including phenoxy) is 3. The number of carbonyl (C=O) groups is 2. The van der Waals surface area contributed by atoms with Gasteiger partial charge in [-0.25, -0.2) is 0 Å². The van der Waals surface area contributed by atoms with Crippen molar-refractivity contribution in [3.8, 4) is 17.2 Å². The van der Waals surface area contributed by atoms with Gasteiger partial charge in [0.25, 0.3) is 11.8 Å². The third kappa shape index (κ3) is 4.76. The lowest BCUT2D eigenvalue weighted by Gasteiger charge is -2.28. The Morgan fingerprint density at radius 3 is 2.55 bits per heavy atom. The fourth-order valence-corrected chi connectivity index (χ4v) is 3.58. The van der Waals surface area contributed by atoms with Crippen molar-refractivity contribution < 1.29 is 23.8 Å². The highest BCUT2D eigenvalue weighted by Crippen LogP contribution is 2.31. The van der Waals surface area contributed by atoms with Gasteiger partial charge < -0.3 is 24.4 Å². The van der Waals surface area contributed by atoms with Crippen molar-refractivity contribution >= 4 is 17.5 Å². The van der Waals surface area contributed by atoms with E-state index >= 15 is 0 Å². The molecule has 0 spiro atoms. The van der Waals surface area contributed by atoms with E-state index in [2.05, 4.69) is 12.2 Å². The lowest BCUT2D eigenvalue weighted by Crippen LogP contribution is -2.43. The summed E-state index contributed by atoms with van der Waals surface area (Å²) in [6.45, 7) is 6.49. The van der Waals surface area contributed by atoms with Crippen LogP contribution in [0.2, 0.25) is 0 Å². The summed E-state index contributed by atoms with van der Waals surface area (Å²) in [5.41, 5.74) is 1.95. The SMILES string of the molecule is CCC1Oc2ccc(NC(=O)c3ccc(OC)c(OC)c3)cc2CN(C(C)CC)C1=O. The van der Waals surface area contributed by atoms with Gasteiger partial charge in [-0.05, 0) is 56.2 Å². The van der Waals surface area contributed by atoms with Crippen LogP contribution in [0.1, 0.15) is 49.5 Å². The molecule has 1 N–H and O–H groups in total. The number of amides is 2. The predicted molar refractivity (Wildman–Crippen MR) is 119 cm³/mol. The summed E-state index contributed by atoms with van der Waals surface area (Å²) < 4.78 is 16.5. The van der Waals surface area contributed by atoms with Gasteiger partial charge in [-0.3, -0.25) is 9.59 Å². The van der Waals surface area contributed by atoms with Crippen molar-refractivity contribution in [2.75, 3.05) is 19.5 Å². The van der Waals surface area contributed by atoms with Gasteiger partial charge in [0.1, 0.15) is 5.75 Å². The molecule has 7 nitrogen and oxygen atoms in total. The number of hydrogen-bond donors (Lipinski definition) is 1. The number of nitrogens with one attached hydrogen (secondary N) is 1. The molecule has 3 rings (SSSR count). The van der Waals surface area contributed by atoms with Crippen LogP contribution in [-0.2, 0) is 11.3 Å². The molecule has 2 amide bonds. The van der Waals surface area contributed by atoms with Crippen LogP contribution in [0.5, 0.6) is 17.2 Å². The second-order valence-electron chi connectivity index (χ2n) is 7.58. The Labute approximate surface area is 183 Å². The Morgan fingerprint density at radius 2 is 1.90 bits per heavy atom. The molecule has 2 unspecified atom stereocenters. The van der Waals surface area contributed by atoms with Gasteiger partial charge in [-0.1, -0.05) is 13.8 Å². The van der Waals surface area contributed by atoms with Crippen LogP contribution >= 0.6 is 0 Å². The van der Waals surface area contributed by atoms with E-state index in [-0.39, 0.29) is 17.9 Å². The van der Waals surface area contributed by atoms with Crippen molar-refractivity contribution in [2.24, 2.45) is 0 Å². The number of methoxy groups -OCH3 is 2. The summed E-state index contributed by atoms with van der Waals surface area (Å²) in [5.74, 6) is 1.45. The molecule has 1 aliphatic heterocycles. The third-order valence-corrected chi connectivity index (χ3v) is 5.63. The Balaban J connectivity index is 1.86. The summed E-state index contributed by atoms with van der Waals surface area (Å²) in [7, 11) is 3.08. The number of carbonyl (C=O) groups excluding carboxylic acids is 2.